The van der Waals surface area contributed by atoms with E-state index in [1.807, 2.05) is 75.4 Å². The first-order chi connectivity index (χ1) is 14.1. The minimum Gasteiger partial charge on any atom is -0.355 e. The highest BCUT2D eigenvalue weighted by atomic mass is 19.1. The third-order valence-corrected chi connectivity index (χ3v) is 4.59. The van der Waals surface area contributed by atoms with E-state index in [0.29, 0.717) is 11.3 Å². The van der Waals surface area contributed by atoms with Crippen molar-refractivity contribution >= 4 is 22.3 Å². The Labute approximate surface area is 169 Å². The predicted octanol–water partition coefficient (Wildman–Crippen LogP) is 5.98. The van der Waals surface area contributed by atoms with Gasteiger partial charge < -0.3 is 10.3 Å². The molecule has 4 nitrogen and oxygen atoms in total. The molecular weight excluding hydrogens is 365 g/mol. The molecule has 0 saturated carbocycles. The average molecular weight is 389 g/mol. The molecule has 0 fully saturated rings. The fourth-order valence-corrected chi connectivity index (χ4v) is 3.19. The molecule has 3 aromatic carbocycles. The zero-order valence-electron chi connectivity index (χ0n) is 16.7. The molecule has 0 bridgehead atoms. The third kappa shape index (κ3) is 4.35. The first-order valence-electron chi connectivity index (χ1n) is 9.73. The van der Waals surface area contributed by atoms with Crippen LogP contribution in [0.25, 0.3) is 10.9 Å². The van der Waals surface area contributed by atoms with Crippen LogP contribution >= 0.6 is 0 Å². The van der Waals surface area contributed by atoms with Crippen LogP contribution in [0.15, 0.2) is 77.6 Å². The average Bonchev–Trinajstić information content (AvgIpc) is 2.75. The lowest BCUT2D eigenvalue weighted by atomic mass is 9.98. The molecule has 0 aliphatic carbocycles. The van der Waals surface area contributed by atoms with Crippen LogP contribution in [0, 0.1) is 5.82 Å². The predicted molar refractivity (Wildman–Crippen MR) is 117 cm³/mol. The smallest absolute Gasteiger partial charge is 0.261 e. The fourth-order valence-electron chi connectivity index (χ4n) is 3.19. The molecule has 0 aliphatic rings. The summed E-state index contributed by atoms with van der Waals surface area (Å²) in [5.41, 5.74) is 2.78. The van der Waals surface area contributed by atoms with E-state index in [1.54, 1.807) is 12.1 Å². The van der Waals surface area contributed by atoms with Gasteiger partial charge in [0.1, 0.15) is 17.0 Å². The Kier molecular flexibility index (Phi) is 6.39. The van der Waals surface area contributed by atoms with Gasteiger partial charge in [-0.05, 0) is 35.9 Å². The molecule has 0 unspecified atom stereocenters. The second kappa shape index (κ2) is 9.15. The summed E-state index contributed by atoms with van der Waals surface area (Å²) >= 11 is 0. The SMILES string of the molecule is CC.C[C@H](c1nc2cccc(F)c2c(=O)[nH]1)c1ccccc1Nc1ccccc1. The largest absolute Gasteiger partial charge is 0.355 e. The topological polar surface area (TPSA) is 57.8 Å². The number of aromatic amines is 1. The molecule has 0 aliphatic heterocycles. The molecule has 5 heteroatoms. The number of anilines is 2. The van der Waals surface area contributed by atoms with E-state index < -0.39 is 11.4 Å². The molecule has 1 atom stereocenters. The summed E-state index contributed by atoms with van der Waals surface area (Å²) in [5.74, 6) is -0.246. The molecule has 1 aromatic heterocycles. The van der Waals surface area contributed by atoms with E-state index in [1.165, 1.54) is 6.07 Å². The summed E-state index contributed by atoms with van der Waals surface area (Å²) < 4.78 is 13.9. The summed E-state index contributed by atoms with van der Waals surface area (Å²) in [4.78, 5) is 19.6. The quantitative estimate of drug-likeness (QED) is 0.451. The van der Waals surface area contributed by atoms with Gasteiger partial charge in [-0.3, -0.25) is 4.79 Å². The zero-order chi connectivity index (χ0) is 20.8. The number of hydrogen-bond donors (Lipinski definition) is 2. The highest BCUT2D eigenvalue weighted by Crippen LogP contribution is 2.30. The van der Waals surface area contributed by atoms with E-state index in [-0.39, 0.29) is 11.3 Å². The standard InChI is InChI=1S/C22H18FN3O.C2H6/c1-14(21-25-19-13-7-11-17(23)20(19)22(27)26-21)16-10-5-6-12-18(16)24-15-8-3-2-4-9-15;1-2/h2-14,24H,1H3,(H,25,26,27);1-2H3/t14-;/m0./s1. The number of aromatic nitrogens is 2. The highest BCUT2D eigenvalue weighted by molar-refractivity contribution is 5.78. The monoisotopic (exact) mass is 389 g/mol. The van der Waals surface area contributed by atoms with Gasteiger partial charge >= 0.3 is 0 Å². The van der Waals surface area contributed by atoms with Gasteiger partial charge in [-0.15, -0.1) is 0 Å². The van der Waals surface area contributed by atoms with E-state index in [0.717, 1.165) is 16.9 Å². The second-order valence-electron chi connectivity index (χ2n) is 6.39. The number of H-pyrrole nitrogens is 1. The van der Waals surface area contributed by atoms with Crippen molar-refractivity contribution in [2.75, 3.05) is 5.32 Å². The molecule has 148 valence electrons. The first kappa shape index (κ1) is 20.3. The highest BCUT2D eigenvalue weighted by Gasteiger charge is 2.17. The van der Waals surface area contributed by atoms with Crippen molar-refractivity contribution in [3.05, 3.63) is 100 Å². The lowest BCUT2D eigenvalue weighted by molar-refractivity contribution is 0.637. The zero-order valence-corrected chi connectivity index (χ0v) is 16.7. The van der Waals surface area contributed by atoms with Crippen LogP contribution in [0.5, 0.6) is 0 Å². The van der Waals surface area contributed by atoms with Crippen LogP contribution in [0.1, 0.15) is 38.1 Å². The molecule has 0 spiro atoms. The molecule has 0 saturated heterocycles. The van der Waals surface area contributed by atoms with Crippen LogP contribution in [-0.2, 0) is 0 Å². The maximum Gasteiger partial charge on any atom is 0.261 e. The Balaban J connectivity index is 0.00000117. The van der Waals surface area contributed by atoms with Gasteiger partial charge in [0, 0.05) is 17.3 Å². The lowest BCUT2D eigenvalue weighted by Crippen LogP contribution is -2.16. The van der Waals surface area contributed by atoms with Crippen LogP contribution < -0.4 is 10.9 Å². The Bertz CT molecular complexity index is 1160. The van der Waals surface area contributed by atoms with Crippen molar-refractivity contribution in [3.8, 4) is 0 Å². The number of rotatable bonds is 4. The Morgan fingerprint density at radius 2 is 1.62 bits per heavy atom. The second-order valence-corrected chi connectivity index (χ2v) is 6.39. The number of fused-ring (bicyclic) bond motifs is 1. The molecule has 4 aromatic rings. The summed E-state index contributed by atoms with van der Waals surface area (Å²) in [6.07, 6.45) is 0. The van der Waals surface area contributed by atoms with Gasteiger partial charge in [-0.25, -0.2) is 9.37 Å². The van der Waals surface area contributed by atoms with Crippen molar-refractivity contribution in [1.82, 2.24) is 9.97 Å². The van der Waals surface area contributed by atoms with Crippen molar-refractivity contribution in [3.63, 3.8) is 0 Å². The van der Waals surface area contributed by atoms with Gasteiger partial charge in [0.2, 0.25) is 0 Å². The normalized spacial score (nSPS) is 11.4. The Hall–Kier alpha value is -3.47. The summed E-state index contributed by atoms with van der Waals surface area (Å²) in [6.45, 7) is 5.97. The van der Waals surface area contributed by atoms with Crippen molar-refractivity contribution in [2.45, 2.75) is 26.7 Å². The molecule has 0 amide bonds. The third-order valence-electron chi connectivity index (χ3n) is 4.59. The summed E-state index contributed by atoms with van der Waals surface area (Å²) in [7, 11) is 0. The van der Waals surface area contributed by atoms with Crippen molar-refractivity contribution in [2.24, 2.45) is 0 Å². The van der Waals surface area contributed by atoms with Crippen LogP contribution in [0.4, 0.5) is 15.8 Å². The number of halogens is 1. The van der Waals surface area contributed by atoms with Crippen molar-refractivity contribution < 1.29 is 4.39 Å². The van der Waals surface area contributed by atoms with E-state index in [4.69, 9.17) is 0 Å². The molecule has 2 N–H and O–H groups in total. The van der Waals surface area contributed by atoms with Crippen molar-refractivity contribution in [1.29, 1.82) is 0 Å². The summed E-state index contributed by atoms with van der Waals surface area (Å²) in [5, 5.41) is 3.39. The molecule has 4 rings (SSSR count). The van der Waals surface area contributed by atoms with Gasteiger partial charge in [-0.1, -0.05) is 63.2 Å². The van der Waals surface area contributed by atoms with Crippen LogP contribution in [-0.4, -0.2) is 9.97 Å². The Morgan fingerprint density at radius 1 is 0.931 bits per heavy atom. The number of para-hydroxylation sites is 2. The number of nitrogens with one attached hydrogen (secondary N) is 2. The summed E-state index contributed by atoms with van der Waals surface area (Å²) in [6, 6.07) is 22.2. The van der Waals surface area contributed by atoms with E-state index in [9.17, 15) is 9.18 Å². The maximum atomic E-state index is 13.9. The Morgan fingerprint density at radius 3 is 2.38 bits per heavy atom. The minimum atomic E-state index is -0.563. The molecular formula is C24H24FN3O. The van der Waals surface area contributed by atoms with Gasteiger partial charge in [0.25, 0.3) is 5.56 Å². The van der Waals surface area contributed by atoms with E-state index in [2.05, 4.69) is 15.3 Å². The van der Waals surface area contributed by atoms with Gasteiger partial charge in [0.15, 0.2) is 0 Å². The maximum absolute atomic E-state index is 13.9. The van der Waals surface area contributed by atoms with Gasteiger partial charge in [0.05, 0.1) is 5.52 Å². The number of benzene rings is 3. The first-order valence-corrected chi connectivity index (χ1v) is 9.73. The molecule has 0 radical (unpaired) electrons. The molecule has 29 heavy (non-hydrogen) atoms. The fraction of sp³-hybridized carbons (Fsp3) is 0.167. The van der Waals surface area contributed by atoms with E-state index >= 15 is 0 Å². The number of nitrogens with zero attached hydrogens (tertiary/aromatic N) is 1. The van der Waals surface area contributed by atoms with Crippen LogP contribution in [0.3, 0.4) is 0 Å². The number of hydrogen-bond acceptors (Lipinski definition) is 3. The molecule has 1 heterocycles. The minimum absolute atomic E-state index is 0.0101. The lowest BCUT2D eigenvalue weighted by Gasteiger charge is -2.17. The van der Waals surface area contributed by atoms with Crippen LogP contribution in [0.2, 0.25) is 0 Å². The van der Waals surface area contributed by atoms with Gasteiger partial charge in [-0.2, -0.15) is 0 Å².